The highest BCUT2D eigenvalue weighted by Crippen LogP contribution is 2.27. The van der Waals surface area contributed by atoms with Crippen molar-refractivity contribution in [3.8, 4) is 0 Å². The first kappa shape index (κ1) is 10.7. The van der Waals surface area contributed by atoms with Gasteiger partial charge in [0.15, 0.2) is 0 Å². The van der Waals surface area contributed by atoms with Crippen LogP contribution in [0.25, 0.3) is 0 Å². The van der Waals surface area contributed by atoms with E-state index in [-0.39, 0.29) is 10.2 Å². The van der Waals surface area contributed by atoms with Gasteiger partial charge in [-0.2, -0.15) is 0 Å². The van der Waals surface area contributed by atoms with Gasteiger partial charge in [-0.1, -0.05) is 23.2 Å². The van der Waals surface area contributed by atoms with Crippen molar-refractivity contribution >= 4 is 34.9 Å². The van der Waals surface area contributed by atoms with Crippen molar-refractivity contribution in [2.24, 2.45) is 0 Å². The molecule has 1 heterocycles. The maximum absolute atomic E-state index is 10.5. The Balaban J connectivity index is 3.46. The smallest absolute Gasteiger partial charge is 0.361 e. The summed E-state index contributed by atoms with van der Waals surface area (Å²) in [5, 5.41) is 18.5. The Labute approximate surface area is 87.2 Å². The van der Waals surface area contributed by atoms with E-state index >= 15 is 0 Å². The van der Waals surface area contributed by atoms with Crippen LogP contribution in [0.4, 0.5) is 5.69 Å². The number of hydrogen-bond donors (Lipinski definition) is 1. The molecule has 8 heteroatoms. The van der Waals surface area contributed by atoms with Gasteiger partial charge in [-0.3, -0.25) is 10.1 Å². The topological polar surface area (TPSA) is 93.3 Å². The Bertz CT molecular complexity index is 382. The van der Waals surface area contributed by atoms with Crippen molar-refractivity contribution < 1.29 is 14.8 Å². The molecule has 1 rings (SSSR count). The van der Waals surface area contributed by atoms with E-state index in [1.807, 2.05) is 0 Å². The molecule has 0 unspecified atom stereocenters. The lowest BCUT2D eigenvalue weighted by atomic mass is 10.3. The standard InChI is InChI=1S/C6H2Cl2N2O4/c7-2-1-3(10(13)14)4(6(11)12)9-5(2)8/h1H,(H,11,12). The summed E-state index contributed by atoms with van der Waals surface area (Å²) in [6.07, 6.45) is 0. The number of hydrogen-bond acceptors (Lipinski definition) is 4. The maximum atomic E-state index is 10.5. The van der Waals surface area contributed by atoms with Gasteiger partial charge in [-0.05, 0) is 0 Å². The third kappa shape index (κ3) is 1.91. The first-order chi connectivity index (χ1) is 6.43. The molecule has 1 N–H and O–H groups in total. The summed E-state index contributed by atoms with van der Waals surface area (Å²) in [5.41, 5.74) is -1.42. The Morgan fingerprint density at radius 3 is 2.57 bits per heavy atom. The highest BCUT2D eigenvalue weighted by molar-refractivity contribution is 6.41. The van der Waals surface area contributed by atoms with Gasteiger partial charge in [0.2, 0.25) is 5.69 Å². The molecule has 0 radical (unpaired) electrons. The number of aromatic nitrogens is 1. The molecule has 1 aromatic heterocycles. The molecule has 0 bridgehead atoms. The van der Waals surface area contributed by atoms with Gasteiger partial charge in [0.1, 0.15) is 5.15 Å². The number of pyridine rings is 1. The van der Waals surface area contributed by atoms with E-state index < -0.39 is 22.3 Å². The number of rotatable bonds is 2. The number of nitro groups is 1. The Kier molecular flexibility index (Phi) is 2.87. The summed E-state index contributed by atoms with van der Waals surface area (Å²) >= 11 is 10.8. The molecular formula is C6H2Cl2N2O4. The van der Waals surface area contributed by atoms with Crippen LogP contribution >= 0.6 is 23.2 Å². The monoisotopic (exact) mass is 236 g/mol. The fourth-order valence-electron chi connectivity index (χ4n) is 0.753. The summed E-state index contributed by atoms with van der Waals surface area (Å²) in [6.45, 7) is 0. The van der Waals surface area contributed by atoms with Crippen LogP contribution in [-0.2, 0) is 0 Å². The summed E-state index contributed by atoms with van der Waals surface area (Å²) in [5.74, 6) is -1.53. The van der Waals surface area contributed by atoms with Crippen LogP contribution in [0.15, 0.2) is 6.07 Å². The molecule has 74 valence electrons. The van der Waals surface area contributed by atoms with E-state index in [0.717, 1.165) is 6.07 Å². The predicted molar refractivity (Wildman–Crippen MR) is 47.9 cm³/mol. The van der Waals surface area contributed by atoms with Gasteiger partial charge in [-0.25, -0.2) is 9.78 Å². The number of carboxylic acid groups (broad SMARTS) is 1. The molecule has 0 spiro atoms. The molecule has 6 nitrogen and oxygen atoms in total. The molecular weight excluding hydrogens is 235 g/mol. The van der Waals surface area contributed by atoms with Gasteiger partial charge in [-0.15, -0.1) is 0 Å². The van der Waals surface area contributed by atoms with E-state index in [1.165, 1.54) is 0 Å². The van der Waals surface area contributed by atoms with Crippen LogP contribution in [0.3, 0.4) is 0 Å². The van der Waals surface area contributed by atoms with Crippen molar-refractivity contribution in [3.63, 3.8) is 0 Å². The SMILES string of the molecule is O=C(O)c1nc(Cl)c(Cl)cc1[N+](=O)[O-]. The normalized spacial score (nSPS) is 9.86. The second-order valence-electron chi connectivity index (χ2n) is 2.19. The van der Waals surface area contributed by atoms with Gasteiger partial charge in [0.25, 0.3) is 0 Å². The lowest BCUT2D eigenvalue weighted by Crippen LogP contribution is -2.05. The Morgan fingerprint density at radius 2 is 2.14 bits per heavy atom. The molecule has 0 aliphatic rings. The quantitative estimate of drug-likeness (QED) is 0.482. The highest BCUT2D eigenvalue weighted by Gasteiger charge is 2.23. The highest BCUT2D eigenvalue weighted by atomic mass is 35.5. The van der Waals surface area contributed by atoms with Crippen molar-refractivity contribution in [2.75, 3.05) is 0 Å². The molecule has 0 fully saturated rings. The summed E-state index contributed by atoms with van der Waals surface area (Å²) < 4.78 is 0. The molecule has 0 saturated heterocycles. The maximum Gasteiger partial charge on any atom is 0.361 e. The zero-order chi connectivity index (χ0) is 10.9. The zero-order valence-corrected chi connectivity index (χ0v) is 7.91. The molecule has 0 amide bonds. The van der Waals surface area contributed by atoms with E-state index in [0.29, 0.717) is 0 Å². The van der Waals surface area contributed by atoms with Crippen LogP contribution in [-0.4, -0.2) is 21.0 Å². The van der Waals surface area contributed by atoms with Crippen molar-refractivity contribution in [1.82, 2.24) is 4.98 Å². The Morgan fingerprint density at radius 1 is 1.57 bits per heavy atom. The van der Waals surface area contributed by atoms with E-state index in [9.17, 15) is 14.9 Å². The predicted octanol–water partition coefficient (Wildman–Crippen LogP) is 1.99. The van der Waals surface area contributed by atoms with E-state index in [1.54, 1.807) is 0 Å². The lowest BCUT2D eigenvalue weighted by molar-refractivity contribution is -0.385. The second kappa shape index (κ2) is 3.77. The summed E-state index contributed by atoms with van der Waals surface area (Å²) in [7, 11) is 0. The first-order valence-electron chi connectivity index (χ1n) is 3.17. The van der Waals surface area contributed by atoms with Crippen LogP contribution in [0.2, 0.25) is 10.2 Å². The number of halogens is 2. The summed E-state index contributed by atoms with van der Waals surface area (Å²) in [4.78, 5) is 23.3. The van der Waals surface area contributed by atoms with Crippen molar-refractivity contribution in [1.29, 1.82) is 0 Å². The third-order valence-corrected chi connectivity index (χ3v) is 1.99. The van der Waals surface area contributed by atoms with Crippen LogP contribution in [0.1, 0.15) is 10.5 Å². The molecule has 0 saturated carbocycles. The molecule has 0 aliphatic carbocycles. The van der Waals surface area contributed by atoms with Gasteiger partial charge >= 0.3 is 11.7 Å². The van der Waals surface area contributed by atoms with E-state index in [4.69, 9.17) is 28.3 Å². The minimum Gasteiger partial charge on any atom is -0.476 e. The third-order valence-electron chi connectivity index (χ3n) is 1.31. The number of carbonyl (C=O) groups is 1. The van der Waals surface area contributed by atoms with Crippen LogP contribution < -0.4 is 0 Å². The number of carboxylic acids is 1. The Hall–Kier alpha value is -1.40. The molecule has 0 aliphatic heterocycles. The lowest BCUT2D eigenvalue weighted by Gasteiger charge is -1.99. The van der Waals surface area contributed by atoms with Gasteiger partial charge in [0.05, 0.1) is 9.95 Å². The average molecular weight is 237 g/mol. The van der Waals surface area contributed by atoms with Crippen molar-refractivity contribution in [3.05, 3.63) is 32.1 Å². The van der Waals surface area contributed by atoms with Crippen LogP contribution in [0.5, 0.6) is 0 Å². The molecule has 14 heavy (non-hydrogen) atoms. The fraction of sp³-hybridized carbons (Fsp3) is 0. The van der Waals surface area contributed by atoms with E-state index in [2.05, 4.69) is 4.98 Å². The van der Waals surface area contributed by atoms with Crippen LogP contribution in [0, 0.1) is 10.1 Å². The second-order valence-corrected chi connectivity index (χ2v) is 2.96. The largest absolute Gasteiger partial charge is 0.476 e. The van der Waals surface area contributed by atoms with Gasteiger partial charge < -0.3 is 5.11 Å². The number of aromatic carboxylic acids is 1. The minimum atomic E-state index is -1.53. The zero-order valence-electron chi connectivity index (χ0n) is 6.40. The molecule has 0 aromatic carbocycles. The average Bonchev–Trinajstić information content (AvgIpc) is 2.08. The number of nitrogens with zero attached hydrogens (tertiary/aromatic N) is 2. The summed E-state index contributed by atoms with van der Waals surface area (Å²) in [6, 6.07) is 0.848. The molecule has 1 aromatic rings. The molecule has 0 atom stereocenters. The minimum absolute atomic E-state index is 0.164. The first-order valence-corrected chi connectivity index (χ1v) is 3.92. The van der Waals surface area contributed by atoms with Crippen molar-refractivity contribution in [2.45, 2.75) is 0 Å². The van der Waals surface area contributed by atoms with Gasteiger partial charge in [0, 0.05) is 6.07 Å². The fourth-order valence-corrected chi connectivity index (χ4v) is 1.04.